The molecule has 0 atom stereocenters. The monoisotopic (exact) mass is 250 g/mol. The lowest BCUT2D eigenvalue weighted by molar-refractivity contribution is -0.127. The van der Waals surface area contributed by atoms with Crippen LogP contribution in [-0.4, -0.2) is 49.6 Å². The molecule has 98 valence electrons. The third-order valence-corrected chi connectivity index (χ3v) is 2.67. The maximum absolute atomic E-state index is 11.6. The molecule has 1 aromatic carbocycles. The molecule has 0 aliphatic carbocycles. The molecule has 18 heavy (non-hydrogen) atoms. The van der Waals surface area contributed by atoms with E-state index >= 15 is 0 Å². The van der Waals surface area contributed by atoms with Gasteiger partial charge >= 0.3 is 5.97 Å². The van der Waals surface area contributed by atoms with Crippen LogP contribution in [-0.2, 0) is 4.79 Å². The maximum atomic E-state index is 11.6. The van der Waals surface area contributed by atoms with Crippen molar-refractivity contribution in [3.05, 3.63) is 29.3 Å². The first-order valence-electron chi connectivity index (χ1n) is 5.58. The van der Waals surface area contributed by atoms with Crippen molar-refractivity contribution in [2.45, 2.75) is 6.92 Å². The van der Waals surface area contributed by atoms with Crippen LogP contribution in [0, 0.1) is 6.92 Å². The first kappa shape index (κ1) is 14.0. The molecular weight excluding hydrogens is 232 g/mol. The molecule has 1 N–H and O–H groups in total. The number of hydrogen-bond acceptors (Lipinski definition) is 3. The van der Waals surface area contributed by atoms with E-state index in [1.54, 1.807) is 44.2 Å². The van der Waals surface area contributed by atoms with Gasteiger partial charge in [-0.15, -0.1) is 0 Å². The summed E-state index contributed by atoms with van der Waals surface area (Å²) in [5.41, 5.74) is 1.71. The standard InChI is InChI=1S/C13H18N2O3/c1-9-5-6-10(13(17)18)11(7-9)15(4)8-12(16)14(2)3/h5-7H,8H2,1-4H3,(H,17,18). The number of benzene rings is 1. The molecule has 0 aliphatic rings. The zero-order valence-corrected chi connectivity index (χ0v) is 11.1. The predicted octanol–water partition coefficient (Wildman–Crippen LogP) is 1.22. The van der Waals surface area contributed by atoms with Crippen LogP contribution < -0.4 is 4.90 Å². The Morgan fingerprint density at radius 3 is 2.33 bits per heavy atom. The Kier molecular flexibility index (Phi) is 4.31. The SMILES string of the molecule is Cc1ccc(C(=O)O)c(N(C)CC(=O)N(C)C)c1. The molecule has 0 aromatic heterocycles. The lowest BCUT2D eigenvalue weighted by Gasteiger charge is -2.23. The van der Waals surface area contributed by atoms with Crippen molar-refractivity contribution in [1.29, 1.82) is 0 Å². The van der Waals surface area contributed by atoms with E-state index in [1.807, 2.05) is 6.92 Å². The number of likely N-dealkylation sites (N-methyl/N-ethyl adjacent to an activating group) is 2. The molecule has 1 aromatic rings. The Hall–Kier alpha value is -2.04. The van der Waals surface area contributed by atoms with Crippen LogP contribution in [0.1, 0.15) is 15.9 Å². The van der Waals surface area contributed by atoms with Gasteiger partial charge in [-0.05, 0) is 24.6 Å². The van der Waals surface area contributed by atoms with Crippen molar-refractivity contribution in [3.63, 3.8) is 0 Å². The van der Waals surface area contributed by atoms with Crippen molar-refractivity contribution in [1.82, 2.24) is 4.90 Å². The first-order valence-corrected chi connectivity index (χ1v) is 5.58. The minimum Gasteiger partial charge on any atom is -0.478 e. The van der Waals surface area contributed by atoms with Gasteiger partial charge in [0, 0.05) is 21.1 Å². The number of rotatable bonds is 4. The molecular formula is C13H18N2O3. The Morgan fingerprint density at radius 1 is 1.22 bits per heavy atom. The molecule has 0 saturated heterocycles. The molecule has 1 rings (SSSR count). The second-order valence-electron chi connectivity index (χ2n) is 4.47. The van der Waals surface area contributed by atoms with Crippen LogP contribution in [0.25, 0.3) is 0 Å². The van der Waals surface area contributed by atoms with E-state index in [1.165, 1.54) is 4.90 Å². The summed E-state index contributed by atoms with van der Waals surface area (Å²) >= 11 is 0. The van der Waals surface area contributed by atoms with Crippen LogP contribution in [0.4, 0.5) is 5.69 Å². The molecule has 0 saturated carbocycles. The Balaban J connectivity index is 3.04. The summed E-state index contributed by atoms with van der Waals surface area (Å²) in [6.45, 7) is 2.04. The van der Waals surface area contributed by atoms with E-state index in [2.05, 4.69) is 0 Å². The van der Waals surface area contributed by atoms with Crippen molar-refractivity contribution in [3.8, 4) is 0 Å². The molecule has 0 heterocycles. The van der Waals surface area contributed by atoms with E-state index < -0.39 is 5.97 Å². The largest absolute Gasteiger partial charge is 0.478 e. The smallest absolute Gasteiger partial charge is 0.337 e. The maximum Gasteiger partial charge on any atom is 0.337 e. The lowest BCUT2D eigenvalue weighted by atomic mass is 10.1. The summed E-state index contributed by atoms with van der Waals surface area (Å²) in [5, 5.41) is 9.13. The zero-order chi connectivity index (χ0) is 13.9. The van der Waals surface area contributed by atoms with Gasteiger partial charge in [0.15, 0.2) is 0 Å². The minimum absolute atomic E-state index is 0.0738. The van der Waals surface area contributed by atoms with Gasteiger partial charge in [-0.3, -0.25) is 4.79 Å². The quantitative estimate of drug-likeness (QED) is 0.872. The van der Waals surface area contributed by atoms with E-state index in [4.69, 9.17) is 5.11 Å². The Labute approximate surface area is 107 Å². The van der Waals surface area contributed by atoms with E-state index in [0.717, 1.165) is 5.56 Å². The van der Waals surface area contributed by atoms with Crippen molar-refractivity contribution in [2.24, 2.45) is 0 Å². The highest BCUT2D eigenvalue weighted by molar-refractivity contribution is 5.95. The van der Waals surface area contributed by atoms with Crippen molar-refractivity contribution < 1.29 is 14.7 Å². The van der Waals surface area contributed by atoms with Gasteiger partial charge in [0.05, 0.1) is 17.8 Å². The highest BCUT2D eigenvalue weighted by Crippen LogP contribution is 2.21. The number of aryl methyl sites for hydroxylation is 1. The number of anilines is 1. The van der Waals surface area contributed by atoms with Gasteiger partial charge < -0.3 is 14.9 Å². The molecule has 0 fully saturated rings. The van der Waals surface area contributed by atoms with Crippen LogP contribution in [0.3, 0.4) is 0 Å². The highest BCUT2D eigenvalue weighted by Gasteiger charge is 2.16. The number of nitrogens with zero attached hydrogens (tertiary/aromatic N) is 2. The average Bonchev–Trinajstić information content (AvgIpc) is 2.28. The number of carboxylic acid groups (broad SMARTS) is 1. The molecule has 0 aliphatic heterocycles. The van der Waals surface area contributed by atoms with Gasteiger partial charge in [-0.25, -0.2) is 4.79 Å². The normalized spacial score (nSPS) is 10.0. The number of carbonyl (C=O) groups is 2. The number of aromatic carboxylic acids is 1. The molecule has 0 unspecified atom stereocenters. The zero-order valence-electron chi connectivity index (χ0n) is 11.1. The molecule has 0 bridgehead atoms. The van der Waals surface area contributed by atoms with E-state index in [0.29, 0.717) is 5.69 Å². The van der Waals surface area contributed by atoms with Crippen LogP contribution in [0.5, 0.6) is 0 Å². The van der Waals surface area contributed by atoms with E-state index in [9.17, 15) is 9.59 Å². The fourth-order valence-corrected chi connectivity index (χ4v) is 1.57. The van der Waals surface area contributed by atoms with Gasteiger partial charge in [-0.1, -0.05) is 6.07 Å². The summed E-state index contributed by atoms with van der Waals surface area (Å²) in [5.74, 6) is -1.07. The predicted molar refractivity (Wildman–Crippen MR) is 70.1 cm³/mol. The minimum atomic E-state index is -0.992. The summed E-state index contributed by atoms with van der Waals surface area (Å²) in [6.07, 6.45) is 0. The highest BCUT2D eigenvalue weighted by atomic mass is 16.4. The summed E-state index contributed by atoms with van der Waals surface area (Å²) < 4.78 is 0. The topological polar surface area (TPSA) is 60.9 Å². The number of carboxylic acids is 1. The molecule has 0 radical (unpaired) electrons. The number of hydrogen-bond donors (Lipinski definition) is 1. The van der Waals surface area contributed by atoms with Crippen LogP contribution in [0.15, 0.2) is 18.2 Å². The van der Waals surface area contributed by atoms with Crippen LogP contribution >= 0.6 is 0 Å². The second kappa shape index (κ2) is 5.53. The van der Waals surface area contributed by atoms with Crippen molar-refractivity contribution in [2.75, 3.05) is 32.6 Å². The van der Waals surface area contributed by atoms with Gasteiger partial charge in [0.1, 0.15) is 0 Å². The molecule has 5 nitrogen and oxygen atoms in total. The van der Waals surface area contributed by atoms with Crippen molar-refractivity contribution >= 4 is 17.6 Å². The summed E-state index contributed by atoms with van der Waals surface area (Å²) in [6, 6.07) is 5.07. The van der Waals surface area contributed by atoms with E-state index in [-0.39, 0.29) is 18.0 Å². The van der Waals surface area contributed by atoms with Gasteiger partial charge in [0.25, 0.3) is 0 Å². The lowest BCUT2D eigenvalue weighted by Crippen LogP contribution is -2.35. The Morgan fingerprint density at radius 2 is 1.83 bits per heavy atom. The van der Waals surface area contributed by atoms with Gasteiger partial charge in [-0.2, -0.15) is 0 Å². The molecule has 5 heteroatoms. The van der Waals surface area contributed by atoms with Crippen LogP contribution in [0.2, 0.25) is 0 Å². The average molecular weight is 250 g/mol. The fraction of sp³-hybridized carbons (Fsp3) is 0.385. The summed E-state index contributed by atoms with van der Waals surface area (Å²) in [7, 11) is 5.05. The fourth-order valence-electron chi connectivity index (χ4n) is 1.57. The molecule has 0 spiro atoms. The number of carbonyl (C=O) groups excluding carboxylic acids is 1. The first-order chi connectivity index (χ1) is 8.32. The third-order valence-electron chi connectivity index (χ3n) is 2.67. The molecule has 1 amide bonds. The summed E-state index contributed by atoms with van der Waals surface area (Å²) in [4.78, 5) is 25.9. The second-order valence-corrected chi connectivity index (χ2v) is 4.47. The number of amides is 1. The van der Waals surface area contributed by atoms with Gasteiger partial charge in [0.2, 0.25) is 5.91 Å². The third kappa shape index (κ3) is 3.23. The Bertz CT molecular complexity index is 469.